The molecule has 1 rings (SSSR count). The van der Waals surface area contributed by atoms with Crippen LogP contribution >= 0.6 is 0 Å². The number of aryl methyl sites for hydroxylation is 1. The Morgan fingerprint density at radius 2 is 2.12 bits per heavy atom. The van der Waals surface area contributed by atoms with Crippen LogP contribution in [0.25, 0.3) is 0 Å². The van der Waals surface area contributed by atoms with E-state index in [1.807, 2.05) is 13.0 Å². The van der Waals surface area contributed by atoms with Crippen LogP contribution in [0.5, 0.6) is 5.75 Å². The number of hydrogen-bond acceptors (Lipinski definition) is 3. The van der Waals surface area contributed by atoms with Gasteiger partial charge in [-0.2, -0.15) is 0 Å². The number of carbonyl (C=O) groups excluding carboxylic acids is 1. The van der Waals surface area contributed by atoms with E-state index in [4.69, 9.17) is 4.74 Å². The summed E-state index contributed by atoms with van der Waals surface area (Å²) >= 11 is 0. The third-order valence-electron chi connectivity index (χ3n) is 2.38. The van der Waals surface area contributed by atoms with Crippen molar-refractivity contribution < 1.29 is 18.7 Å². The molecule has 1 aromatic rings. The second-order valence-electron chi connectivity index (χ2n) is 3.32. The van der Waals surface area contributed by atoms with Crippen LogP contribution in [0.1, 0.15) is 24.2 Å². The SMILES string of the molecule is CCc1ccc(OC)c(C(F)C(=O)OC)c1. The second-order valence-corrected chi connectivity index (χ2v) is 3.32. The molecule has 0 aliphatic rings. The highest BCUT2D eigenvalue weighted by atomic mass is 19.1. The summed E-state index contributed by atoms with van der Waals surface area (Å²) in [7, 11) is 2.60. The third kappa shape index (κ3) is 2.51. The molecule has 0 radical (unpaired) electrons. The maximum atomic E-state index is 13.7. The Bertz CT molecular complexity index is 377. The minimum Gasteiger partial charge on any atom is -0.496 e. The second kappa shape index (κ2) is 5.49. The van der Waals surface area contributed by atoms with Gasteiger partial charge in [-0.3, -0.25) is 0 Å². The smallest absolute Gasteiger partial charge is 0.345 e. The standard InChI is InChI=1S/C12H15FO3/c1-4-8-5-6-10(15-2)9(7-8)11(13)12(14)16-3/h5-7,11H,4H2,1-3H3. The van der Waals surface area contributed by atoms with E-state index >= 15 is 0 Å². The van der Waals surface area contributed by atoms with Gasteiger partial charge in [0.05, 0.1) is 14.2 Å². The first-order valence-electron chi connectivity index (χ1n) is 5.02. The first-order chi connectivity index (χ1) is 7.63. The molecule has 88 valence electrons. The lowest BCUT2D eigenvalue weighted by Crippen LogP contribution is -2.11. The predicted octanol–water partition coefficient (Wildman–Crippen LogP) is 2.44. The molecule has 0 aliphatic heterocycles. The lowest BCUT2D eigenvalue weighted by Gasteiger charge is -2.12. The van der Waals surface area contributed by atoms with Crippen LogP contribution in [0, 0.1) is 0 Å². The fourth-order valence-corrected chi connectivity index (χ4v) is 1.43. The number of hydrogen-bond donors (Lipinski definition) is 0. The van der Waals surface area contributed by atoms with Crippen molar-refractivity contribution in [3.63, 3.8) is 0 Å². The molecular weight excluding hydrogens is 211 g/mol. The zero-order valence-electron chi connectivity index (χ0n) is 9.62. The molecular formula is C12H15FO3. The van der Waals surface area contributed by atoms with Gasteiger partial charge < -0.3 is 9.47 Å². The summed E-state index contributed by atoms with van der Waals surface area (Å²) in [5, 5.41) is 0. The number of alkyl halides is 1. The summed E-state index contributed by atoms with van der Waals surface area (Å²) < 4.78 is 23.1. The average Bonchev–Trinajstić information content (AvgIpc) is 2.35. The van der Waals surface area contributed by atoms with Gasteiger partial charge in [0.1, 0.15) is 5.75 Å². The molecule has 16 heavy (non-hydrogen) atoms. The molecule has 1 atom stereocenters. The van der Waals surface area contributed by atoms with E-state index in [0.717, 1.165) is 19.1 Å². The lowest BCUT2D eigenvalue weighted by atomic mass is 10.0. The van der Waals surface area contributed by atoms with Crippen LogP contribution in [0.15, 0.2) is 18.2 Å². The highest BCUT2D eigenvalue weighted by Crippen LogP contribution is 2.29. The number of methoxy groups -OCH3 is 2. The molecule has 0 spiro atoms. The van der Waals surface area contributed by atoms with Crippen molar-refractivity contribution in [1.29, 1.82) is 0 Å². The fraction of sp³-hybridized carbons (Fsp3) is 0.417. The summed E-state index contributed by atoms with van der Waals surface area (Å²) in [6, 6.07) is 5.12. The monoisotopic (exact) mass is 226 g/mol. The summed E-state index contributed by atoms with van der Waals surface area (Å²) in [5.41, 5.74) is 1.16. The number of rotatable bonds is 4. The summed E-state index contributed by atoms with van der Waals surface area (Å²) in [6.45, 7) is 1.96. The van der Waals surface area contributed by atoms with Gasteiger partial charge in [0.2, 0.25) is 6.17 Å². The molecule has 3 nitrogen and oxygen atoms in total. The minimum atomic E-state index is -1.80. The summed E-state index contributed by atoms with van der Waals surface area (Å²) in [4.78, 5) is 11.1. The number of benzene rings is 1. The molecule has 0 aliphatic carbocycles. The molecule has 1 aromatic carbocycles. The van der Waals surface area contributed by atoms with Crippen molar-refractivity contribution in [3.8, 4) is 5.75 Å². The Kier molecular flexibility index (Phi) is 4.28. The van der Waals surface area contributed by atoms with Gasteiger partial charge >= 0.3 is 5.97 Å². The van der Waals surface area contributed by atoms with Gasteiger partial charge in [0.25, 0.3) is 0 Å². The Hall–Kier alpha value is -1.58. The van der Waals surface area contributed by atoms with Crippen molar-refractivity contribution in [2.45, 2.75) is 19.5 Å². The van der Waals surface area contributed by atoms with Gasteiger partial charge in [0.15, 0.2) is 0 Å². The topological polar surface area (TPSA) is 35.5 Å². The van der Waals surface area contributed by atoms with Crippen molar-refractivity contribution in [1.82, 2.24) is 0 Å². The maximum Gasteiger partial charge on any atom is 0.345 e. The molecule has 0 bridgehead atoms. The predicted molar refractivity (Wildman–Crippen MR) is 58.2 cm³/mol. The first kappa shape index (κ1) is 12.5. The largest absolute Gasteiger partial charge is 0.496 e. The van der Waals surface area contributed by atoms with Crippen molar-refractivity contribution >= 4 is 5.97 Å². The fourth-order valence-electron chi connectivity index (χ4n) is 1.43. The number of halogens is 1. The van der Waals surface area contributed by atoms with E-state index in [-0.39, 0.29) is 5.56 Å². The average molecular weight is 226 g/mol. The van der Waals surface area contributed by atoms with Gasteiger partial charge in [-0.25, -0.2) is 9.18 Å². The molecule has 0 saturated heterocycles. The first-order valence-corrected chi connectivity index (χ1v) is 5.02. The van der Waals surface area contributed by atoms with E-state index in [2.05, 4.69) is 4.74 Å². The molecule has 0 heterocycles. The van der Waals surface area contributed by atoms with E-state index in [1.54, 1.807) is 12.1 Å². The minimum absolute atomic E-state index is 0.216. The quantitative estimate of drug-likeness (QED) is 0.740. The molecule has 1 unspecified atom stereocenters. The summed E-state index contributed by atoms with van der Waals surface area (Å²) in [5.74, 6) is -0.554. The molecule has 0 saturated carbocycles. The van der Waals surface area contributed by atoms with Gasteiger partial charge in [-0.05, 0) is 24.1 Å². The molecule has 4 heteroatoms. The molecule has 0 amide bonds. The molecule has 0 N–H and O–H groups in total. The number of esters is 1. The zero-order chi connectivity index (χ0) is 12.1. The van der Waals surface area contributed by atoms with E-state index in [0.29, 0.717) is 5.75 Å². The molecule has 0 aromatic heterocycles. The van der Waals surface area contributed by atoms with Crippen molar-refractivity contribution in [2.75, 3.05) is 14.2 Å². The highest BCUT2D eigenvalue weighted by molar-refractivity contribution is 5.77. The highest BCUT2D eigenvalue weighted by Gasteiger charge is 2.24. The van der Waals surface area contributed by atoms with E-state index in [1.165, 1.54) is 7.11 Å². The van der Waals surface area contributed by atoms with Gasteiger partial charge in [0, 0.05) is 5.56 Å². The zero-order valence-corrected chi connectivity index (χ0v) is 9.62. The number of carbonyl (C=O) groups is 1. The van der Waals surface area contributed by atoms with Crippen LogP contribution in [-0.2, 0) is 16.0 Å². The number of ether oxygens (including phenoxy) is 2. The Balaban J connectivity index is 3.12. The van der Waals surface area contributed by atoms with Crippen LogP contribution < -0.4 is 4.74 Å². The van der Waals surface area contributed by atoms with Crippen LogP contribution in [0.2, 0.25) is 0 Å². The van der Waals surface area contributed by atoms with Crippen molar-refractivity contribution in [2.24, 2.45) is 0 Å². The lowest BCUT2D eigenvalue weighted by molar-refractivity contribution is -0.146. The van der Waals surface area contributed by atoms with E-state index in [9.17, 15) is 9.18 Å². The maximum absolute atomic E-state index is 13.7. The normalized spacial score (nSPS) is 12.0. The van der Waals surface area contributed by atoms with Gasteiger partial charge in [-0.1, -0.05) is 13.0 Å². The van der Waals surface area contributed by atoms with Crippen LogP contribution in [-0.4, -0.2) is 20.2 Å². The Labute approximate surface area is 94.2 Å². The molecule has 0 fully saturated rings. The van der Waals surface area contributed by atoms with Crippen LogP contribution in [0.3, 0.4) is 0 Å². The van der Waals surface area contributed by atoms with Crippen molar-refractivity contribution in [3.05, 3.63) is 29.3 Å². The van der Waals surface area contributed by atoms with Gasteiger partial charge in [-0.15, -0.1) is 0 Å². The Morgan fingerprint density at radius 1 is 1.44 bits per heavy atom. The summed E-state index contributed by atoms with van der Waals surface area (Å²) in [6.07, 6.45) is -1.03. The van der Waals surface area contributed by atoms with E-state index < -0.39 is 12.1 Å². The third-order valence-corrected chi connectivity index (χ3v) is 2.38. The Morgan fingerprint density at radius 3 is 2.62 bits per heavy atom. The van der Waals surface area contributed by atoms with Crippen LogP contribution in [0.4, 0.5) is 4.39 Å².